The highest BCUT2D eigenvalue weighted by Gasteiger charge is 2.20. The Labute approximate surface area is 124 Å². The maximum Gasteiger partial charge on any atom is 0.387 e. The summed E-state index contributed by atoms with van der Waals surface area (Å²) in [5.74, 6) is 0.769. The number of aliphatic hydroxyl groups excluding tert-OH is 1. The zero-order valence-electron chi connectivity index (χ0n) is 12.3. The third-order valence-electron chi connectivity index (χ3n) is 4.13. The van der Waals surface area contributed by atoms with E-state index in [9.17, 15) is 13.9 Å². The lowest BCUT2D eigenvalue weighted by Gasteiger charge is -2.27. The van der Waals surface area contributed by atoms with E-state index in [1.54, 1.807) is 18.2 Å². The van der Waals surface area contributed by atoms with Gasteiger partial charge in [-0.2, -0.15) is 8.78 Å². The number of hydrogen-bond donors (Lipinski definition) is 2. The molecule has 0 spiro atoms. The van der Waals surface area contributed by atoms with E-state index in [-0.39, 0.29) is 17.9 Å². The van der Waals surface area contributed by atoms with Crippen LogP contribution >= 0.6 is 0 Å². The van der Waals surface area contributed by atoms with Crippen LogP contribution in [-0.4, -0.2) is 24.4 Å². The lowest BCUT2D eigenvalue weighted by Crippen LogP contribution is -2.30. The molecule has 0 amide bonds. The van der Waals surface area contributed by atoms with Crippen LogP contribution in [0.2, 0.25) is 0 Å². The van der Waals surface area contributed by atoms with Crippen molar-refractivity contribution in [3.8, 4) is 5.75 Å². The molecule has 1 atom stereocenters. The van der Waals surface area contributed by atoms with Crippen molar-refractivity contribution in [3.63, 3.8) is 0 Å². The molecular formula is C16H23F2NO2. The largest absolute Gasteiger partial charge is 0.434 e. The lowest BCUT2D eigenvalue weighted by molar-refractivity contribution is -0.0506. The summed E-state index contributed by atoms with van der Waals surface area (Å²) in [6.07, 6.45) is 3.57. The number of alkyl halides is 2. The molecule has 1 aliphatic carbocycles. The van der Waals surface area contributed by atoms with Crippen molar-refractivity contribution in [2.45, 2.75) is 51.4 Å². The molecule has 0 aromatic heterocycles. The van der Waals surface area contributed by atoms with Crippen molar-refractivity contribution in [2.24, 2.45) is 5.92 Å². The standard InChI is InChI=1S/C16H23F2NO2/c1-11(19-10-12-6-8-13(20)9-7-12)14-4-2-3-5-15(14)21-16(17)18/h2-5,11-13,16,19-20H,6-10H2,1H3. The summed E-state index contributed by atoms with van der Waals surface area (Å²) < 4.78 is 29.4. The predicted molar refractivity (Wildman–Crippen MR) is 77.5 cm³/mol. The quantitative estimate of drug-likeness (QED) is 0.845. The fourth-order valence-electron chi connectivity index (χ4n) is 2.84. The molecule has 118 valence electrons. The molecule has 0 radical (unpaired) electrons. The highest BCUT2D eigenvalue weighted by atomic mass is 19.3. The number of ether oxygens (including phenoxy) is 1. The van der Waals surface area contributed by atoms with Gasteiger partial charge in [0.1, 0.15) is 5.75 Å². The molecular weight excluding hydrogens is 276 g/mol. The Morgan fingerprint density at radius 1 is 1.24 bits per heavy atom. The molecule has 1 aliphatic rings. The first-order valence-corrected chi connectivity index (χ1v) is 7.51. The van der Waals surface area contributed by atoms with Crippen LogP contribution in [0, 0.1) is 5.92 Å². The van der Waals surface area contributed by atoms with Gasteiger partial charge in [-0.15, -0.1) is 0 Å². The molecule has 2 N–H and O–H groups in total. The predicted octanol–water partition coefficient (Wildman–Crippen LogP) is 3.49. The number of para-hydroxylation sites is 1. The molecule has 0 aliphatic heterocycles. The number of aliphatic hydroxyl groups is 1. The van der Waals surface area contributed by atoms with Gasteiger partial charge < -0.3 is 15.2 Å². The van der Waals surface area contributed by atoms with Gasteiger partial charge in [-0.05, 0) is 51.1 Å². The fourth-order valence-corrected chi connectivity index (χ4v) is 2.84. The summed E-state index contributed by atoms with van der Waals surface area (Å²) in [6, 6.07) is 6.84. The molecule has 0 saturated heterocycles. The topological polar surface area (TPSA) is 41.5 Å². The molecule has 21 heavy (non-hydrogen) atoms. The van der Waals surface area contributed by atoms with E-state index in [1.165, 1.54) is 0 Å². The minimum absolute atomic E-state index is 0.0493. The van der Waals surface area contributed by atoms with Gasteiger partial charge in [0.25, 0.3) is 0 Å². The van der Waals surface area contributed by atoms with Crippen molar-refractivity contribution >= 4 is 0 Å². The van der Waals surface area contributed by atoms with Gasteiger partial charge in [-0.1, -0.05) is 18.2 Å². The minimum atomic E-state index is -2.81. The molecule has 2 rings (SSSR count). The maximum atomic E-state index is 12.4. The van der Waals surface area contributed by atoms with Crippen molar-refractivity contribution < 1.29 is 18.6 Å². The van der Waals surface area contributed by atoms with Crippen molar-refractivity contribution in [1.82, 2.24) is 5.32 Å². The smallest absolute Gasteiger partial charge is 0.387 e. The van der Waals surface area contributed by atoms with Crippen molar-refractivity contribution in [2.75, 3.05) is 6.54 Å². The van der Waals surface area contributed by atoms with E-state index in [2.05, 4.69) is 10.1 Å². The second-order valence-corrected chi connectivity index (χ2v) is 5.72. The molecule has 1 aromatic carbocycles. The first kappa shape index (κ1) is 16.2. The number of hydrogen-bond acceptors (Lipinski definition) is 3. The third-order valence-corrected chi connectivity index (χ3v) is 4.13. The van der Waals surface area contributed by atoms with Gasteiger partial charge in [0, 0.05) is 11.6 Å². The molecule has 1 unspecified atom stereocenters. The SMILES string of the molecule is CC(NCC1CCC(O)CC1)c1ccccc1OC(F)F. The van der Waals surface area contributed by atoms with Crippen LogP contribution in [0.3, 0.4) is 0 Å². The van der Waals surface area contributed by atoms with Crippen molar-refractivity contribution in [3.05, 3.63) is 29.8 Å². The Bertz CT molecular complexity index is 434. The number of halogens is 2. The van der Waals surface area contributed by atoms with E-state index in [4.69, 9.17) is 0 Å². The molecule has 3 nitrogen and oxygen atoms in total. The molecule has 0 bridgehead atoms. The van der Waals surface area contributed by atoms with Crippen molar-refractivity contribution in [1.29, 1.82) is 0 Å². The Hall–Kier alpha value is -1.20. The average molecular weight is 299 g/mol. The normalized spacial score (nSPS) is 24.0. The highest BCUT2D eigenvalue weighted by Crippen LogP contribution is 2.28. The van der Waals surface area contributed by atoms with Gasteiger partial charge in [-0.3, -0.25) is 0 Å². The highest BCUT2D eigenvalue weighted by molar-refractivity contribution is 5.35. The second-order valence-electron chi connectivity index (χ2n) is 5.72. The molecule has 1 fully saturated rings. The van der Waals surface area contributed by atoms with Gasteiger partial charge in [0.2, 0.25) is 0 Å². The van der Waals surface area contributed by atoms with Gasteiger partial charge in [0.15, 0.2) is 0 Å². The van der Waals surface area contributed by atoms with Gasteiger partial charge in [0.05, 0.1) is 6.10 Å². The summed E-state index contributed by atoms with van der Waals surface area (Å²) >= 11 is 0. The van der Waals surface area contributed by atoms with Crippen LogP contribution in [-0.2, 0) is 0 Å². The number of nitrogens with one attached hydrogen (secondary N) is 1. The Morgan fingerprint density at radius 3 is 2.57 bits per heavy atom. The molecule has 1 saturated carbocycles. The number of rotatable bonds is 6. The number of benzene rings is 1. The fraction of sp³-hybridized carbons (Fsp3) is 0.625. The van der Waals surface area contributed by atoms with Crippen LogP contribution < -0.4 is 10.1 Å². The molecule has 5 heteroatoms. The lowest BCUT2D eigenvalue weighted by atomic mass is 9.87. The van der Waals surface area contributed by atoms with Crippen LogP contribution in [0.5, 0.6) is 5.75 Å². The monoisotopic (exact) mass is 299 g/mol. The second kappa shape index (κ2) is 7.71. The maximum absolute atomic E-state index is 12.4. The zero-order chi connectivity index (χ0) is 15.2. The molecule has 0 heterocycles. The summed E-state index contributed by atoms with van der Waals surface area (Å²) in [6.45, 7) is -0.0272. The summed E-state index contributed by atoms with van der Waals surface area (Å²) in [4.78, 5) is 0. The van der Waals surface area contributed by atoms with E-state index < -0.39 is 6.61 Å². The first-order chi connectivity index (χ1) is 10.1. The zero-order valence-corrected chi connectivity index (χ0v) is 12.3. The van der Waals surface area contributed by atoms with E-state index in [0.29, 0.717) is 5.92 Å². The van der Waals surface area contributed by atoms with Crippen LogP contribution in [0.4, 0.5) is 8.78 Å². The Balaban J connectivity index is 1.89. The first-order valence-electron chi connectivity index (χ1n) is 7.51. The van der Waals surface area contributed by atoms with Crippen LogP contribution in [0.15, 0.2) is 24.3 Å². The van der Waals surface area contributed by atoms with Gasteiger partial charge in [-0.25, -0.2) is 0 Å². The van der Waals surface area contributed by atoms with E-state index in [0.717, 1.165) is 37.8 Å². The van der Waals surface area contributed by atoms with E-state index in [1.807, 2.05) is 13.0 Å². The third kappa shape index (κ3) is 4.93. The summed E-state index contributed by atoms with van der Waals surface area (Å²) in [7, 11) is 0. The van der Waals surface area contributed by atoms with Gasteiger partial charge >= 0.3 is 6.61 Å². The summed E-state index contributed by atoms with van der Waals surface area (Å²) in [5.41, 5.74) is 0.744. The summed E-state index contributed by atoms with van der Waals surface area (Å²) in [5, 5.41) is 12.9. The van der Waals surface area contributed by atoms with Crippen LogP contribution in [0.25, 0.3) is 0 Å². The average Bonchev–Trinajstić information content (AvgIpc) is 2.46. The molecule has 1 aromatic rings. The Kier molecular flexibility index (Phi) is 5.94. The Morgan fingerprint density at radius 2 is 1.90 bits per heavy atom. The van der Waals surface area contributed by atoms with Crippen LogP contribution in [0.1, 0.15) is 44.2 Å². The van der Waals surface area contributed by atoms with E-state index >= 15 is 0 Å². The minimum Gasteiger partial charge on any atom is -0.434 e.